The van der Waals surface area contributed by atoms with Crippen molar-refractivity contribution in [1.82, 2.24) is 10.3 Å². The molecule has 146 valence electrons. The van der Waals surface area contributed by atoms with Crippen molar-refractivity contribution < 1.29 is 13.5 Å². The first-order chi connectivity index (χ1) is 14.2. The number of hydrogen-bond donors (Lipinski definition) is 2. The Labute approximate surface area is 167 Å². The summed E-state index contributed by atoms with van der Waals surface area (Å²) in [6, 6.07) is 19.1. The molecular weight excluding hydrogens is 370 g/mol. The van der Waals surface area contributed by atoms with Crippen LogP contribution in [-0.2, 0) is 13.0 Å². The molecule has 29 heavy (non-hydrogen) atoms. The normalized spacial score (nSPS) is 16.0. The predicted molar refractivity (Wildman–Crippen MR) is 109 cm³/mol. The van der Waals surface area contributed by atoms with Gasteiger partial charge >= 0.3 is 0 Å². The number of fused-ring (bicyclic) bond motifs is 3. The number of benzene rings is 3. The smallest absolute Gasteiger partial charge is 0.128 e. The minimum Gasteiger partial charge on any atom is -0.489 e. The Morgan fingerprint density at radius 3 is 2.69 bits per heavy atom. The van der Waals surface area contributed by atoms with Gasteiger partial charge in [-0.3, -0.25) is 0 Å². The van der Waals surface area contributed by atoms with Gasteiger partial charge in [-0.1, -0.05) is 30.3 Å². The third kappa shape index (κ3) is 3.38. The molecule has 5 rings (SSSR count). The molecule has 2 heterocycles. The van der Waals surface area contributed by atoms with E-state index in [1.54, 1.807) is 0 Å². The third-order valence-corrected chi connectivity index (χ3v) is 5.44. The van der Waals surface area contributed by atoms with Crippen molar-refractivity contribution in [2.75, 3.05) is 6.54 Å². The van der Waals surface area contributed by atoms with Crippen molar-refractivity contribution in [2.24, 2.45) is 0 Å². The highest BCUT2D eigenvalue weighted by molar-refractivity contribution is 5.86. The molecule has 0 saturated carbocycles. The van der Waals surface area contributed by atoms with E-state index in [0.717, 1.165) is 46.0 Å². The number of nitrogens with one attached hydrogen (secondary N) is 2. The number of rotatable bonds is 4. The van der Waals surface area contributed by atoms with E-state index in [9.17, 15) is 8.78 Å². The van der Waals surface area contributed by atoms with Crippen LogP contribution in [0.1, 0.15) is 28.4 Å². The Morgan fingerprint density at radius 1 is 0.966 bits per heavy atom. The van der Waals surface area contributed by atoms with E-state index >= 15 is 0 Å². The zero-order chi connectivity index (χ0) is 19.8. The van der Waals surface area contributed by atoms with Crippen LogP contribution in [0.3, 0.4) is 0 Å². The second kappa shape index (κ2) is 7.33. The van der Waals surface area contributed by atoms with Gasteiger partial charge in [0.05, 0.1) is 6.04 Å². The molecule has 0 spiro atoms. The summed E-state index contributed by atoms with van der Waals surface area (Å²) in [5.41, 5.74) is 4.40. The van der Waals surface area contributed by atoms with Gasteiger partial charge in [0.25, 0.3) is 0 Å². The van der Waals surface area contributed by atoms with Gasteiger partial charge in [0.15, 0.2) is 0 Å². The number of aromatic amines is 1. The minimum atomic E-state index is -0.442. The predicted octanol–water partition coefficient (Wildman–Crippen LogP) is 5.26. The third-order valence-electron chi connectivity index (χ3n) is 5.44. The molecule has 1 aromatic heterocycles. The summed E-state index contributed by atoms with van der Waals surface area (Å²) >= 11 is 0. The van der Waals surface area contributed by atoms with E-state index in [0.29, 0.717) is 18.7 Å². The molecule has 1 aliphatic rings. The average molecular weight is 390 g/mol. The minimum absolute atomic E-state index is 0.318. The monoisotopic (exact) mass is 390 g/mol. The second-order valence-corrected chi connectivity index (χ2v) is 7.30. The Balaban J connectivity index is 1.50. The van der Waals surface area contributed by atoms with Crippen molar-refractivity contribution in [1.29, 1.82) is 0 Å². The topological polar surface area (TPSA) is 37.0 Å². The number of ether oxygens (including phenoxy) is 1. The van der Waals surface area contributed by atoms with Gasteiger partial charge in [0.2, 0.25) is 0 Å². The van der Waals surface area contributed by atoms with Crippen molar-refractivity contribution in [3.05, 3.63) is 101 Å². The quantitative estimate of drug-likeness (QED) is 0.499. The lowest BCUT2D eigenvalue weighted by atomic mass is 9.94. The summed E-state index contributed by atoms with van der Waals surface area (Å²) in [5, 5.41) is 4.38. The van der Waals surface area contributed by atoms with Crippen LogP contribution in [0.15, 0.2) is 66.7 Å². The summed E-state index contributed by atoms with van der Waals surface area (Å²) in [6.45, 7) is 1.19. The Hall–Kier alpha value is -3.18. The van der Waals surface area contributed by atoms with Crippen LogP contribution < -0.4 is 10.1 Å². The van der Waals surface area contributed by atoms with Crippen molar-refractivity contribution in [3.63, 3.8) is 0 Å². The van der Waals surface area contributed by atoms with Crippen LogP contribution >= 0.6 is 0 Å². The fraction of sp³-hybridized carbons (Fsp3) is 0.167. The first-order valence-corrected chi connectivity index (χ1v) is 9.68. The van der Waals surface area contributed by atoms with Crippen LogP contribution in [0.25, 0.3) is 10.9 Å². The number of H-pyrrole nitrogens is 1. The highest BCUT2D eigenvalue weighted by atomic mass is 19.1. The maximum absolute atomic E-state index is 14.4. The van der Waals surface area contributed by atoms with Crippen LogP contribution in [0.2, 0.25) is 0 Å². The van der Waals surface area contributed by atoms with Gasteiger partial charge in [-0.25, -0.2) is 8.78 Å². The van der Waals surface area contributed by atoms with E-state index in [1.807, 2.05) is 48.5 Å². The SMILES string of the molecule is Fc1ccc(F)c(C2NCCc3c2[nH]c2ccc(OCc4ccccc4)cc32)c1. The fourth-order valence-electron chi connectivity index (χ4n) is 4.04. The van der Waals surface area contributed by atoms with Gasteiger partial charge in [-0.05, 0) is 53.9 Å². The van der Waals surface area contributed by atoms with Crippen molar-refractivity contribution in [2.45, 2.75) is 19.1 Å². The average Bonchev–Trinajstić information content (AvgIpc) is 3.13. The molecule has 3 aromatic carbocycles. The lowest BCUT2D eigenvalue weighted by Gasteiger charge is -2.25. The first kappa shape index (κ1) is 17.9. The molecule has 1 aliphatic heterocycles. The van der Waals surface area contributed by atoms with Crippen molar-refractivity contribution in [3.8, 4) is 5.75 Å². The summed E-state index contributed by atoms with van der Waals surface area (Å²) in [6.07, 6.45) is 0.810. The maximum atomic E-state index is 14.4. The second-order valence-electron chi connectivity index (χ2n) is 7.30. The fourth-order valence-corrected chi connectivity index (χ4v) is 4.04. The molecule has 0 amide bonds. The standard InChI is InChI=1S/C24H20F2N2O/c25-16-6-8-21(26)20(12-16)23-24-18(10-11-27-23)19-13-17(7-9-22(19)28-24)29-14-15-4-2-1-3-5-15/h1-9,12-13,23,27-28H,10-11,14H2. The lowest BCUT2D eigenvalue weighted by Crippen LogP contribution is -2.31. The molecule has 0 aliphatic carbocycles. The number of hydrogen-bond acceptors (Lipinski definition) is 2. The van der Waals surface area contributed by atoms with Gasteiger partial charge in [-0.2, -0.15) is 0 Å². The molecule has 1 atom stereocenters. The summed E-state index contributed by atoms with van der Waals surface area (Å²) in [4.78, 5) is 3.41. The Morgan fingerprint density at radius 2 is 1.83 bits per heavy atom. The van der Waals surface area contributed by atoms with E-state index < -0.39 is 17.7 Å². The van der Waals surface area contributed by atoms with Gasteiger partial charge in [0.1, 0.15) is 24.0 Å². The van der Waals surface area contributed by atoms with Crippen LogP contribution in [0, 0.1) is 11.6 Å². The van der Waals surface area contributed by atoms with E-state index in [-0.39, 0.29) is 0 Å². The highest BCUT2D eigenvalue weighted by Crippen LogP contribution is 2.36. The summed E-state index contributed by atoms with van der Waals surface area (Å²) in [5.74, 6) is -0.0690. The van der Waals surface area contributed by atoms with Gasteiger partial charge < -0.3 is 15.0 Å². The Bertz CT molecular complexity index is 1170. The first-order valence-electron chi connectivity index (χ1n) is 9.68. The molecular formula is C24H20F2N2O. The largest absolute Gasteiger partial charge is 0.489 e. The highest BCUT2D eigenvalue weighted by Gasteiger charge is 2.27. The van der Waals surface area contributed by atoms with Gasteiger partial charge in [0, 0.05) is 28.7 Å². The molecule has 1 unspecified atom stereocenters. The molecule has 5 heteroatoms. The Kier molecular flexibility index (Phi) is 4.52. The number of halogens is 2. The zero-order valence-electron chi connectivity index (χ0n) is 15.7. The molecule has 0 bridgehead atoms. The molecule has 0 saturated heterocycles. The van der Waals surface area contributed by atoms with E-state index in [2.05, 4.69) is 10.3 Å². The lowest BCUT2D eigenvalue weighted by molar-refractivity contribution is 0.306. The summed E-state index contributed by atoms with van der Waals surface area (Å²) < 4.78 is 34.1. The van der Waals surface area contributed by atoms with E-state index in [1.165, 1.54) is 12.1 Å². The maximum Gasteiger partial charge on any atom is 0.128 e. The molecule has 4 aromatic rings. The number of aromatic nitrogens is 1. The summed E-state index contributed by atoms with van der Waals surface area (Å²) in [7, 11) is 0. The molecule has 0 radical (unpaired) electrons. The van der Waals surface area contributed by atoms with Gasteiger partial charge in [-0.15, -0.1) is 0 Å². The molecule has 2 N–H and O–H groups in total. The van der Waals surface area contributed by atoms with Crippen LogP contribution in [-0.4, -0.2) is 11.5 Å². The van der Waals surface area contributed by atoms with Crippen molar-refractivity contribution >= 4 is 10.9 Å². The zero-order valence-corrected chi connectivity index (χ0v) is 15.7. The van der Waals surface area contributed by atoms with Crippen LogP contribution in [0.4, 0.5) is 8.78 Å². The molecule has 0 fully saturated rings. The van der Waals surface area contributed by atoms with E-state index in [4.69, 9.17) is 4.74 Å². The molecule has 3 nitrogen and oxygen atoms in total. The van der Waals surface area contributed by atoms with Crippen LogP contribution in [0.5, 0.6) is 5.75 Å².